The molecular formula is C9H12O2S. The molecule has 1 aromatic rings. The Hall–Kier alpha value is -0.670. The number of hydrogen-bond acceptors (Lipinski definition) is 3. The van der Waals surface area contributed by atoms with Gasteiger partial charge in [0.2, 0.25) is 0 Å². The van der Waals surface area contributed by atoms with E-state index in [1.807, 2.05) is 24.4 Å². The molecule has 0 fully saturated rings. The van der Waals surface area contributed by atoms with Gasteiger partial charge in [-0.2, -0.15) is 0 Å². The van der Waals surface area contributed by atoms with Crippen LogP contribution in [0.5, 0.6) is 0 Å². The monoisotopic (exact) mass is 184 g/mol. The van der Waals surface area contributed by atoms with Crippen LogP contribution in [-0.2, 0) is 4.74 Å². The van der Waals surface area contributed by atoms with E-state index in [9.17, 15) is 4.79 Å². The normalized spacial score (nSPS) is 10.1. The highest BCUT2D eigenvalue weighted by Crippen LogP contribution is 2.09. The van der Waals surface area contributed by atoms with Crippen LogP contribution in [0.25, 0.3) is 0 Å². The minimum Gasteiger partial charge on any atom is -0.373 e. The van der Waals surface area contributed by atoms with Gasteiger partial charge in [0.25, 0.3) is 0 Å². The van der Waals surface area contributed by atoms with Gasteiger partial charge >= 0.3 is 0 Å². The Labute approximate surface area is 76.2 Å². The van der Waals surface area contributed by atoms with Crippen LogP contribution >= 0.6 is 11.3 Å². The predicted octanol–water partition coefficient (Wildman–Crippen LogP) is 2.36. The number of rotatable bonds is 5. The lowest BCUT2D eigenvalue weighted by Crippen LogP contribution is -2.07. The van der Waals surface area contributed by atoms with E-state index in [4.69, 9.17) is 4.74 Å². The van der Waals surface area contributed by atoms with Gasteiger partial charge in [-0.25, -0.2) is 0 Å². The van der Waals surface area contributed by atoms with Crippen molar-refractivity contribution in [2.24, 2.45) is 0 Å². The molecule has 0 bridgehead atoms. The molecule has 1 rings (SSSR count). The zero-order valence-electron chi connectivity index (χ0n) is 7.08. The number of ketones is 1. The third-order valence-corrected chi connectivity index (χ3v) is 2.29. The van der Waals surface area contributed by atoms with E-state index < -0.39 is 0 Å². The first-order valence-electron chi connectivity index (χ1n) is 3.99. The number of carbonyl (C=O) groups excluding carboxylic acids is 1. The average Bonchev–Trinajstić information content (AvgIpc) is 2.56. The van der Waals surface area contributed by atoms with Crippen molar-refractivity contribution in [1.82, 2.24) is 0 Å². The first kappa shape index (κ1) is 9.42. The minimum absolute atomic E-state index is 0.0819. The number of hydrogen-bond donors (Lipinski definition) is 0. The molecule has 3 heteroatoms. The summed E-state index contributed by atoms with van der Waals surface area (Å²) in [5.41, 5.74) is 0. The number of thiophene rings is 1. The molecule has 0 spiro atoms. The molecule has 0 aromatic carbocycles. The van der Waals surface area contributed by atoms with Crippen LogP contribution in [-0.4, -0.2) is 19.0 Å². The molecule has 0 N–H and O–H groups in total. The van der Waals surface area contributed by atoms with Crippen molar-refractivity contribution in [2.45, 2.75) is 13.3 Å². The minimum atomic E-state index is 0.0819. The summed E-state index contributed by atoms with van der Waals surface area (Å²) in [5, 5.41) is 1.90. The molecule has 0 aliphatic rings. The fourth-order valence-corrected chi connectivity index (χ4v) is 1.47. The predicted molar refractivity (Wildman–Crippen MR) is 49.8 cm³/mol. The SMILES string of the molecule is CCCOCC(=O)c1cccs1. The quantitative estimate of drug-likeness (QED) is 0.518. The van der Waals surface area contributed by atoms with Crippen molar-refractivity contribution in [3.8, 4) is 0 Å². The first-order valence-corrected chi connectivity index (χ1v) is 4.87. The van der Waals surface area contributed by atoms with E-state index in [0.29, 0.717) is 6.61 Å². The number of Topliss-reactive ketones (excluding diaryl/α,β-unsaturated/α-hetero) is 1. The molecule has 1 heterocycles. The third kappa shape index (κ3) is 2.75. The van der Waals surface area contributed by atoms with Crippen LogP contribution in [0.4, 0.5) is 0 Å². The van der Waals surface area contributed by atoms with Crippen LogP contribution in [0.3, 0.4) is 0 Å². The molecule has 0 saturated heterocycles. The fraction of sp³-hybridized carbons (Fsp3) is 0.444. The zero-order chi connectivity index (χ0) is 8.81. The molecule has 2 nitrogen and oxygen atoms in total. The molecule has 0 unspecified atom stereocenters. The second-order valence-corrected chi connectivity index (χ2v) is 3.40. The van der Waals surface area contributed by atoms with Crippen LogP contribution in [0.1, 0.15) is 23.0 Å². The van der Waals surface area contributed by atoms with Crippen LogP contribution in [0, 0.1) is 0 Å². The highest BCUT2D eigenvalue weighted by Gasteiger charge is 2.05. The standard InChI is InChI=1S/C9H12O2S/c1-2-5-11-7-8(10)9-4-3-6-12-9/h3-4,6H,2,5,7H2,1H3. The van der Waals surface area contributed by atoms with Gasteiger partial charge in [0.1, 0.15) is 6.61 Å². The molecule has 0 aliphatic heterocycles. The van der Waals surface area contributed by atoms with Gasteiger partial charge in [-0.15, -0.1) is 11.3 Å². The summed E-state index contributed by atoms with van der Waals surface area (Å²) < 4.78 is 5.13. The summed E-state index contributed by atoms with van der Waals surface area (Å²) in [5.74, 6) is 0.0819. The lowest BCUT2D eigenvalue weighted by Gasteiger charge is -1.98. The average molecular weight is 184 g/mol. The van der Waals surface area contributed by atoms with Crippen molar-refractivity contribution < 1.29 is 9.53 Å². The summed E-state index contributed by atoms with van der Waals surface area (Å²) in [4.78, 5) is 12.0. The van der Waals surface area contributed by atoms with Gasteiger partial charge < -0.3 is 4.74 Å². The highest BCUT2D eigenvalue weighted by molar-refractivity contribution is 7.12. The van der Waals surface area contributed by atoms with Crippen LogP contribution < -0.4 is 0 Å². The molecule has 0 saturated carbocycles. The van der Waals surface area contributed by atoms with Crippen molar-refractivity contribution in [1.29, 1.82) is 0 Å². The Kier molecular flexibility index (Phi) is 3.97. The van der Waals surface area contributed by atoms with Crippen molar-refractivity contribution in [3.05, 3.63) is 22.4 Å². The van der Waals surface area contributed by atoms with Gasteiger partial charge in [-0.1, -0.05) is 13.0 Å². The second kappa shape index (κ2) is 5.06. The summed E-state index contributed by atoms with van der Waals surface area (Å²) in [6.45, 7) is 2.90. The smallest absolute Gasteiger partial charge is 0.198 e. The lowest BCUT2D eigenvalue weighted by atomic mass is 10.3. The van der Waals surface area contributed by atoms with Crippen molar-refractivity contribution in [3.63, 3.8) is 0 Å². The van der Waals surface area contributed by atoms with Gasteiger partial charge in [0.05, 0.1) is 4.88 Å². The summed E-state index contributed by atoms with van der Waals surface area (Å²) in [7, 11) is 0. The maximum absolute atomic E-state index is 11.3. The lowest BCUT2D eigenvalue weighted by molar-refractivity contribution is 0.0765. The van der Waals surface area contributed by atoms with Crippen LogP contribution in [0.2, 0.25) is 0 Å². The molecule has 12 heavy (non-hydrogen) atoms. The molecular weight excluding hydrogens is 172 g/mol. The third-order valence-electron chi connectivity index (χ3n) is 1.38. The van der Waals surface area contributed by atoms with E-state index in [-0.39, 0.29) is 12.4 Å². The van der Waals surface area contributed by atoms with Crippen molar-refractivity contribution in [2.75, 3.05) is 13.2 Å². The number of carbonyl (C=O) groups is 1. The summed E-state index contributed by atoms with van der Waals surface area (Å²) >= 11 is 1.46. The zero-order valence-corrected chi connectivity index (χ0v) is 7.89. The van der Waals surface area contributed by atoms with Gasteiger partial charge in [0, 0.05) is 6.61 Å². The van der Waals surface area contributed by atoms with E-state index in [0.717, 1.165) is 11.3 Å². The van der Waals surface area contributed by atoms with Gasteiger partial charge in [0.15, 0.2) is 5.78 Å². The number of ether oxygens (including phenoxy) is 1. The Morgan fingerprint density at radius 3 is 3.08 bits per heavy atom. The molecule has 0 aliphatic carbocycles. The maximum atomic E-state index is 11.3. The Morgan fingerprint density at radius 1 is 1.67 bits per heavy atom. The maximum Gasteiger partial charge on any atom is 0.198 e. The van der Waals surface area contributed by atoms with E-state index >= 15 is 0 Å². The largest absolute Gasteiger partial charge is 0.373 e. The highest BCUT2D eigenvalue weighted by atomic mass is 32.1. The molecule has 0 atom stereocenters. The van der Waals surface area contributed by atoms with E-state index in [1.54, 1.807) is 0 Å². The van der Waals surface area contributed by atoms with E-state index in [1.165, 1.54) is 11.3 Å². The topological polar surface area (TPSA) is 26.3 Å². The summed E-state index contributed by atoms with van der Waals surface area (Å²) in [6.07, 6.45) is 0.956. The molecule has 0 amide bonds. The molecule has 1 aromatic heterocycles. The molecule has 66 valence electrons. The Balaban J connectivity index is 2.30. The second-order valence-electron chi connectivity index (χ2n) is 2.45. The molecule has 0 radical (unpaired) electrons. The van der Waals surface area contributed by atoms with Gasteiger partial charge in [-0.05, 0) is 17.9 Å². The Bertz CT molecular complexity index is 229. The fourth-order valence-electron chi connectivity index (χ4n) is 0.818. The van der Waals surface area contributed by atoms with Gasteiger partial charge in [-0.3, -0.25) is 4.79 Å². The van der Waals surface area contributed by atoms with Crippen molar-refractivity contribution >= 4 is 17.1 Å². The van der Waals surface area contributed by atoms with Crippen LogP contribution in [0.15, 0.2) is 17.5 Å². The Morgan fingerprint density at radius 2 is 2.50 bits per heavy atom. The first-order chi connectivity index (χ1) is 5.84. The van der Waals surface area contributed by atoms with E-state index in [2.05, 4.69) is 0 Å². The summed E-state index contributed by atoms with van der Waals surface area (Å²) in [6, 6.07) is 3.69.